The predicted octanol–water partition coefficient (Wildman–Crippen LogP) is 3.25. The molecule has 9 nitrogen and oxygen atoms in total. The highest BCUT2D eigenvalue weighted by atomic mass is 35.5. The van der Waals surface area contributed by atoms with E-state index in [9.17, 15) is 9.90 Å². The number of H-pyrrole nitrogens is 1. The van der Waals surface area contributed by atoms with Gasteiger partial charge in [0.05, 0.1) is 12.3 Å². The molecule has 1 aliphatic rings. The smallest absolute Gasteiger partial charge is 0.276 e. The zero-order valence-electron chi connectivity index (χ0n) is 16.4. The van der Waals surface area contributed by atoms with Crippen molar-refractivity contribution < 1.29 is 9.90 Å². The summed E-state index contributed by atoms with van der Waals surface area (Å²) in [6.07, 6.45) is 2.24. The Bertz CT molecular complexity index is 1030. The third-order valence-corrected chi connectivity index (χ3v) is 5.05. The summed E-state index contributed by atoms with van der Waals surface area (Å²) < 4.78 is 0. The van der Waals surface area contributed by atoms with Gasteiger partial charge in [0.15, 0.2) is 23.1 Å². The number of aromatic amines is 1. The molecule has 3 heterocycles. The Balaban J connectivity index is 1.63. The first-order chi connectivity index (χ1) is 14.5. The quantitative estimate of drug-likeness (QED) is 0.493. The number of benzene rings is 1. The predicted molar refractivity (Wildman–Crippen MR) is 115 cm³/mol. The van der Waals surface area contributed by atoms with Crippen LogP contribution in [0.1, 0.15) is 29.0 Å². The van der Waals surface area contributed by atoms with E-state index in [0.29, 0.717) is 48.4 Å². The van der Waals surface area contributed by atoms with Crippen LogP contribution in [0.5, 0.6) is 0 Å². The highest BCUT2D eigenvalue weighted by molar-refractivity contribution is 6.30. The number of halogens is 1. The van der Waals surface area contributed by atoms with Gasteiger partial charge < -0.3 is 20.6 Å². The number of aliphatic hydroxyl groups is 1. The zero-order valence-corrected chi connectivity index (χ0v) is 17.1. The van der Waals surface area contributed by atoms with Gasteiger partial charge in [0.2, 0.25) is 0 Å². The maximum absolute atomic E-state index is 13.1. The molecule has 2 aromatic heterocycles. The van der Waals surface area contributed by atoms with Crippen LogP contribution in [0.2, 0.25) is 5.02 Å². The Morgan fingerprint density at radius 3 is 2.60 bits per heavy atom. The third-order valence-electron chi connectivity index (χ3n) is 4.80. The maximum Gasteiger partial charge on any atom is 0.276 e. The summed E-state index contributed by atoms with van der Waals surface area (Å²) in [5.41, 5.74) is 1.85. The third kappa shape index (κ3) is 4.69. The van der Waals surface area contributed by atoms with E-state index in [1.165, 1.54) is 6.20 Å². The molecule has 1 aromatic carbocycles. The highest BCUT2D eigenvalue weighted by Gasteiger charge is 2.26. The lowest BCUT2D eigenvalue weighted by Crippen LogP contribution is -2.40. The second-order valence-electron chi connectivity index (χ2n) is 7.17. The van der Waals surface area contributed by atoms with Crippen LogP contribution >= 0.6 is 11.6 Å². The van der Waals surface area contributed by atoms with Crippen LogP contribution in [0, 0.1) is 6.92 Å². The highest BCUT2D eigenvalue weighted by Crippen LogP contribution is 2.24. The molecule has 4 N–H and O–H groups in total. The first-order valence-electron chi connectivity index (χ1n) is 9.64. The summed E-state index contributed by atoms with van der Waals surface area (Å²) >= 11 is 5.97. The molecule has 1 amide bonds. The van der Waals surface area contributed by atoms with Crippen molar-refractivity contribution >= 4 is 40.6 Å². The number of aryl methyl sites for hydroxylation is 1. The van der Waals surface area contributed by atoms with Crippen LogP contribution in [-0.4, -0.2) is 55.3 Å². The van der Waals surface area contributed by atoms with Crippen molar-refractivity contribution in [3.63, 3.8) is 0 Å². The maximum atomic E-state index is 13.1. The van der Waals surface area contributed by atoms with Gasteiger partial charge in [-0.05, 0) is 44.0 Å². The number of nitrogens with zero attached hydrogens (tertiary/aromatic N) is 4. The first-order valence-corrected chi connectivity index (χ1v) is 10.0. The van der Waals surface area contributed by atoms with Gasteiger partial charge >= 0.3 is 0 Å². The molecule has 4 rings (SSSR count). The molecule has 1 saturated heterocycles. The molecular weight excluding hydrogens is 406 g/mol. The minimum absolute atomic E-state index is 0.213. The van der Waals surface area contributed by atoms with Crippen LogP contribution in [0.4, 0.5) is 23.1 Å². The van der Waals surface area contributed by atoms with E-state index in [4.69, 9.17) is 11.6 Å². The number of hydrogen-bond acceptors (Lipinski definition) is 7. The lowest BCUT2D eigenvalue weighted by Gasteiger charge is -2.29. The molecule has 0 radical (unpaired) electrons. The lowest BCUT2D eigenvalue weighted by molar-refractivity contribution is 0.0542. The van der Waals surface area contributed by atoms with Gasteiger partial charge in [0, 0.05) is 35.6 Å². The van der Waals surface area contributed by atoms with Crippen molar-refractivity contribution in [3.8, 4) is 0 Å². The zero-order chi connectivity index (χ0) is 21.1. The molecule has 156 valence electrons. The standard InChI is InChI=1S/C20H22ClN7O2/c1-12-10-16(27-26-12)24-17-11-22-18(20(30)28-8-6-15(29)7-9-28)19(25-17)23-14-4-2-13(21)3-5-14/h2-5,10-11,15,29H,6-9H2,1H3,(H3,23,24,25,26,27). The topological polar surface area (TPSA) is 119 Å². The SMILES string of the molecule is Cc1cc(Nc2cnc(C(=O)N3CCC(O)CC3)c(Nc3ccc(Cl)cc3)n2)n[nH]1. The molecule has 1 aliphatic heterocycles. The Kier molecular flexibility index (Phi) is 5.82. The fourth-order valence-corrected chi connectivity index (χ4v) is 3.32. The number of anilines is 4. The van der Waals surface area contributed by atoms with Gasteiger partial charge in [-0.25, -0.2) is 9.97 Å². The monoisotopic (exact) mass is 427 g/mol. The summed E-state index contributed by atoms with van der Waals surface area (Å²) in [6, 6.07) is 8.93. The van der Waals surface area contributed by atoms with Crippen LogP contribution in [0.15, 0.2) is 36.5 Å². The first kappa shape index (κ1) is 20.1. The summed E-state index contributed by atoms with van der Waals surface area (Å²) in [5, 5.41) is 23.6. The number of aromatic nitrogens is 4. The molecule has 0 aliphatic carbocycles. The second-order valence-corrected chi connectivity index (χ2v) is 7.61. The van der Waals surface area contributed by atoms with Crippen LogP contribution < -0.4 is 10.6 Å². The van der Waals surface area contributed by atoms with Gasteiger partial charge in [0.1, 0.15) is 0 Å². The number of piperidine rings is 1. The van der Waals surface area contributed by atoms with Gasteiger partial charge in [-0.15, -0.1) is 0 Å². The van der Waals surface area contributed by atoms with Gasteiger partial charge in [0.25, 0.3) is 5.91 Å². The molecule has 0 saturated carbocycles. The summed E-state index contributed by atoms with van der Waals surface area (Å²) in [5.74, 6) is 1.14. The van der Waals surface area contributed by atoms with E-state index in [0.717, 1.165) is 11.4 Å². The number of rotatable bonds is 5. The molecule has 0 unspecified atom stereocenters. The van der Waals surface area contributed by atoms with Crippen LogP contribution in [0.3, 0.4) is 0 Å². The van der Waals surface area contributed by atoms with E-state index < -0.39 is 0 Å². The van der Waals surface area contributed by atoms with Crippen molar-refractivity contribution in [3.05, 3.63) is 52.9 Å². The van der Waals surface area contributed by atoms with E-state index >= 15 is 0 Å². The Hall–Kier alpha value is -3.17. The van der Waals surface area contributed by atoms with Gasteiger partial charge in [-0.3, -0.25) is 9.89 Å². The number of amides is 1. The summed E-state index contributed by atoms with van der Waals surface area (Å²) in [7, 11) is 0. The summed E-state index contributed by atoms with van der Waals surface area (Å²) in [6.45, 7) is 2.86. The fourth-order valence-electron chi connectivity index (χ4n) is 3.19. The summed E-state index contributed by atoms with van der Waals surface area (Å²) in [4.78, 5) is 23.7. The minimum Gasteiger partial charge on any atom is -0.393 e. The van der Waals surface area contributed by atoms with Gasteiger partial charge in [-0.1, -0.05) is 11.6 Å². The molecular formula is C20H22ClN7O2. The second kappa shape index (κ2) is 8.68. The lowest BCUT2D eigenvalue weighted by atomic mass is 10.1. The van der Waals surface area contributed by atoms with E-state index in [1.807, 2.05) is 13.0 Å². The van der Waals surface area contributed by atoms with Gasteiger partial charge in [-0.2, -0.15) is 5.10 Å². The van der Waals surface area contributed by atoms with Crippen molar-refractivity contribution in [1.29, 1.82) is 0 Å². The number of aliphatic hydroxyl groups excluding tert-OH is 1. The fraction of sp³-hybridized carbons (Fsp3) is 0.300. The molecule has 0 atom stereocenters. The van der Waals surface area contributed by atoms with Crippen molar-refractivity contribution in [1.82, 2.24) is 25.1 Å². The molecule has 0 spiro atoms. The average Bonchev–Trinajstić information content (AvgIpc) is 3.14. The van der Waals surface area contributed by atoms with Crippen molar-refractivity contribution in [2.24, 2.45) is 0 Å². The Morgan fingerprint density at radius 1 is 1.20 bits per heavy atom. The average molecular weight is 428 g/mol. The molecule has 1 fully saturated rings. The minimum atomic E-state index is -0.365. The normalized spacial score (nSPS) is 14.6. The number of nitrogens with one attached hydrogen (secondary N) is 3. The van der Waals surface area contributed by atoms with Crippen molar-refractivity contribution in [2.45, 2.75) is 25.9 Å². The number of hydrogen-bond donors (Lipinski definition) is 4. The Morgan fingerprint density at radius 2 is 1.93 bits per heavy atom. The number of carbonyl (C=O) groups is 1. The van der Waals surface area contributed by atoms with Crippen LogP contribution in [-0.2, 0) is 0 Å². The Labute approximate surface area is 178 Å². The molecule has 0 bridgehead atoms. The van der Waals surface area contributed by atoms with Crippen molar-refractivity contribution in [2.75, 3.05) is 23.7 Å². The number of likely N-dealkylation sites (tertiary alicyclic amines) is 1. The molecule has 3 aromatic rings. The molecule has 10 heteroatoms. The van der Waals surface area contributed by atoms with E-state index in [1.54, 1.807) is 29.2 Å². The largest absolute Gasteiger partial charge is 0.393 e. The van der Waals surface area contributed by atoms with E-state index in [-0.39, 0.29) is 17.7 Å². The van der Waals surface area contributed by atoms with Crippen LogP contribution in [0.25, 0.3) is 0 Å². The number of carbonyl (C=O) groups excluding carboxylic acids is 1. The molecule has 30 heavy (non-hydrogen) atoms. The van der Waals surface area contributed by atoms with E-state index in [2.05, 4.69) is 30.8 Å².